The summed E-state index contributed by atoms with van der Waals surface area (Å²) in [5.41, 5.74) is 12.4. The van der Waals surface area contributed by atoms with Crippen LogP contribution in [0.15, 0.2) is 116 Å². The van der Waals surface area contributed by atoms with Crippen LogP contribution >= 0.6 is 37.0 Å². The second-order valence-electron chi connectivity index (χ2n) is 24.9. The summed E-state index contributed by atoms with van der Waals surface area (Å²) in [5.74, 6) is -7.11. The van der Waals surface area contributed by atoms with Gasteiger partial charge in [0.05, 0.1) is 18.0 Å². The number of thioether (sulfide) groups is 1. The lowest BCUT2D eigenvalue weighted by Crippen LogP contribution is -2.62. The molecule has 96 heavy (non-hydrogen) atoms. The number of rotatable bonds is 36. The van der Waals surface area contributed by atoms with Gasteiger partial charge in [0.1, 0.15) is 42.3 Å². The highest BCUT2D eigenvalue weighted by atomic mass is 32.2. The lowest BCUT2D eigenvalue weighted by molar-refractivity contribution is -0.145. The first kappa shape index (κ1) is 73.9. The van der Waals surface area contributed by atoms with Gasteiger partial charge in [0.15, 0.2) is 6.04 Å². The summed E-state index contributed by atoms with van der Waals surface area (Å²) in [6, 6.07) is 20.4. The normalized spacial score (nSPS) is 18.3. The molecule has 0 saturated carbocycles. The highest BCUT2D eigenvalue weighted by Gasteiger charge is 2.42. The van der Waals surface area contributed by atoms with Gasteiger partial charge in [0.25, 0.3) is 0 Å². The minimum absolute atomic E-state index is 0.0416. The van der Waals surface area contributed by atoms with E-state index in [0.717, 1.165) is 67.0 Å². The maximum absolute atomic E-state index is 15.0. The number of aromatic amines is 2. The van der Waals surface area contributed by atoms with Crippen LogP contribution in [-0.2, 0) is 68.8 Å². The minimum atomic E-state index is -1.74. The maximum Gasteiger partial charge on any atom is 0.328 e. The number of H-pyrrole nitrogens is 2. The van der Waals surface area contributed by atoms with Gasteiger partial charge >= 0.3 is 5.97 Å². The molecule has 15 N–H and O–H groups in total. The highest BCUT2D eigenvalue weighted by Crippen LogP contribution is 2.45. The zero-order valence-corrected chi connectivity index (χ0v) is 56.7. The fourth-order valence-corrected chi connectivity index (χ4v) is 14.2. The number of carbonyl (C=O) groups is 9. The molecular weight excluding hydrogens is 1290 g/mol. The molecule has 1 aliphatic carbocycles. The summed E-state index contributed by atoms with van der Waals surface area (Å²) in [5, 5.41) is 53.4. The summed E-state index contributed by atoms with van der Waals surface area (Å²) in [4.78, 5) is 135. The second-order valence-corrected chi connectivity index (χ2v) is 26.6. The molecule has 4 aromatic carbocycles. The second kappa shape index (κ2) is 35.9. The molecule has 516 valence electrons. The van der Waals surface area contributed by atoms with E-state index in [9.17, 15) is 53.7 Å². The molecule has 2 aromatic heterocycles. The van der Waals surface area contributed by atoms with Gasteiger partial charge in [-0.05, 0) is 117 Å². The van der Waals surface area contributed by atoms with E-state index in [4.69, 9.17) is 5.73 Å². The number of para-hydroxylation sites is 1. The number of aliphatic hydroxyl groups excluding tert-OH is 2. The number of carboxylic acid groups (broad SMARTS) is 1. The molecule has 24 nitrogen and oxygen atoms in total. The van der Waals surface area contributed by atoms with E-state index < -0.39 is 108 Å². The zero-order valence-electron chi connectivity index (χ0n) is 54.1. The molecule has 0 bridgehead atoms. The third kappa shape index (κ3) is 19.9. The maximum atomic E-state index is 15.0. The Morgan fingerprint density at radius 1 is 0.604 bits per heavy atom. The van der Waals surface area contributed by atoms with Crippen LogP contribution in [-0.4, -0.2) is 193 Å². The number of unbranched alkanes of at least 4 members (excludes halogenated alkanes) is 1. The first-order valence-corrected chi connectivity index (χ1v) is 35.1. The van der Waals surface area contributed by atoms with Crippen LogP contribution in [0, 0.1) is 5.92 Å². The van der Waals surface area contributed by atoms with Crippen molar-refractivity contribution in [1.82, 2.24) is 57.4 Å². The number of piperidine rings is 1. The highest BCUT2D eigenvalue weighted by molar-refractivity contribution is 7.99. The predicted octanol–water partition coefficient (Wildman–Crippen LogP) is 2.56. The van der Waals surface area contributed by atoms with Gasteiger partial charge in [-0.2, -0.15) is 37.0 Å². The first-order chi connectivity index (χ1) is 46.2. The van der Waals surface area contributed by atoms with Crippen molar-refractivity contribution in [3.05, 3.63) is 143 Å². The average molecular weight is 1380 g/mol. The topological polar surface area (TPSA) is 371 Å². The molecule has 0 radical (unpaired) electrons. The average Bonchev–Trinajstić information content (AvgIpc) is 1.44. The van der Waals surface area contributed by atoms with Crippen LogP contribution in [0.25, 0.3) is 21.8 Å². The molecular formula is C69H90N12O12S3. The third-order valence-corrected chi connectivity index (χ3v) is 19.6. The molecule has 1 fully saturated rings. The number of nitrogens with one attached hydrogen (secondary N) is 10. The smallest absolute Gasteiger partial charge is 0.328 e. The number of nitrogens with two attached hydrogens (primary N) is 1. The number of carboxylic acids is 1. The lowest BCUT2D eigenvalue weighted by atomic mass is 9.72. The number of amides is 8. The van der Waals surface area contributed by atoms with Crippen LogP contribution in [0.5, 0.6) is 0 Å². The lowest BCUT2D eigenvalue weighted by Gasteiger charge is -2.47. The van der Waals surface area contributed by atoms with Crippen molar-refractivity contribution in [2.24, 2.45) is 11.7 Å². The number of aromatic nitrogens is 2. The van der Waals surface area contributed by atoms with E-state index in [1.54, 1.807) is 42.6 Å². The molecule has 8 rings (SSSR count). The van der Waals surface area contributed by atoms with Crippen molar-refractivity contribution in [1.29, 1.82) is 0 Å². The summed E-state index contributed by atoms with van der Waals surface area (Å²) in [6.07, 6.45) is 4.24. The van der Waals surface area contributed by atoms with Gasteiger partial charge in [-0.3, -0.25) is 43.3 Å². The number of likely N-dealkylation sites (tertiary alicyclic amines) is 1. The number of hydrogen-bond acceptors (Lipinski definition) is 16. The van der Waals surface area contributed by atoms with Crippen LogP contribution in [0.3, 0.4) is 0 Å². The Labute approximate surface area is 573 Å². The van der Waals surface area contributed by atoms with Gasteiger partial charge in [0.2, 0.25) is 47.3 Å². The number of carbonyl (C=O) groups excluding carboxylic acids is 8. The Morgan fingerprint density at radius 2 is 1.12 bits per heavy atom. The Bertz CT molecular complexity index is 3630. The van der Waals surface area contributed by atoms with E-state index in [1.807, 2.05) is 48.5 Å². The fourth-order valence-electron chi connectivity index (χ4n) is 12.8. The summed E-state index contributed by atoms with van der Waals surface area (Å²) in [6.45, 7) is 6.68. The van der Waals surface area contributed by atoms with Gasteiger partial charge in [-0.15, -0.1) is 0 Å². The number of aliphatic carboxylic acids is 1. The zero-order chi connectivity index (χ0) is 69.0. The summed E-state index contributed by atoms with van der Waals surface area (Å²) in [7, 11) is 0. The number of aliphatic hydroxyl groups is 2. The van der Waals surface area contributed by atoms with E-state index in [2.05, 4.69) is 114 Å². The molecule has 3 heterocycles. The standard InChI is InChI=1S/C69H90N12O12S3/c1-4-26-81-34-43(27-48-47-21-15-24-50-59(47)45(33-72-50)31-57(48)81)37-96-38-58(84)73-52(28-41-16-7-5-8-17-41)63(86)77-55(35-94)66(89)75-53(29-42-18-9-6-10-19-42)64(87)76-54(30-44-32-71-49-22-12-11-20-46(44)49)65(88)74-51(23-13-14-25-70)62(85)79-60(39(2)82)68(91)78-56(36-95)67(90)80-61(40(3)83)69(92)93/h5-12,15-22,24,32-33,39-40,43,48,51-57,60-61,71-72,82-83,94-95H,4,13-14,23,25-31,34-38,70H2,1-3H3,(H,73,84)(H,74,88)(H,75,89)(H,76,87)(H,77,86)(H,78,91)(H,79,85)(H,80,90)(H,92,93)/t39-,40-,43-,48?,51+,52+,53+,54-,55+,56+,57?,60+,61+/m1/s1. The van der Waals surface area contributed by atoms with E-state index in [1.165, 1.54) is 35.2 Å². The molecule has 1 saturated heterocycles. The van der Waals surface area contributed by atoms with Gasteiger partial charge in [0, 0.05) is 83.5 Å². The number of thiol groups is 2. The Kier molecular flexibility index (Phi) is 27.6. The Balaban J connectivity index is 0.969. The van der Waals surface area contributed by atoms with Crippen molar-refractivity contribution >= 4 is 112 Å². The molecule has 8 amide bonds. The van der Waals surface area contributed by atoms with Gasteiger partial charge in [-0.25, -0.2) is 4.79 Å². The van der Waals surface area contributed by atoms with Crippen molar-refractivity contribution in [3.8, 4) is 0 Å². The van der Waals surface area contributed by atoms with Crippen LogP contribution < -0.4 is 48.3 Å². The number of fused-ring (bicyclic) bond motifs is 3. The molecule has 13 atom stereocenters. The van der Waals surface area contributed by atoms with Gasteiger partial charge < -0.3 is 73.6 Å². The van der Waals surface area contributed by atoms with Crippen molar-refractivity contribution < 1.29 is 58.5 Å². The Hall–Kier alpha value is -7.92. The molecule has 0 spiro atoms. The van der Waals surface area contributed by atoms with Crippen LogP contribution in [0.4, 0.5) is 0 Å². The monoisotopic (exact) mass is 1370 g/mol. The number of hydrogen-bond donors (Lipinski definition) is 16. The van der Waals surface area contributed by atoms with Crippen molar-refractivity contribution in [2.75, 3.05) is 42.6 Å². The fraction of sp³-hybridized carbons (Fsp3) is 0.464. The van der Waals surface area contributed by atoms with Crippen molar-refractivity contribution in [3.63, 3.8) is 0 Å². The molecule has 1 aliphatic heterocycles. The summed E-state index contributed by atoms with van der Waals surface area (Å²) >= 11 is 10.2. The minimum Gasteiger partial charge on any atom is -0.480 e. The van der Waals surface area contributed by atoms with Gasteiger partial charge in [-0.1, -0.05) is 97.9 Å². The molecule has 6 aromatic rings. The van der Waals surface area contributed by atoms with Crippen molar-refractivity contribution in [2.45, 2.75) is 151 Å². The van der Waals surface area contributed by atoms with E-state index in [0.29, 0.717) is 35.4 Å². The Morgan fingerprint density at radius 3 is 1.73 bits per heavy atom. The largest absolute Gasteiger partial charge is 0.480 e. The molecule has 27 heteroatoms. The third-order valence-electron chi connectivity index (χ3n) is 17.7. The quantitative estimate of drug-likeness (QED) is 0.0199. The molecule has 2 aliphatic rings. The predicted molar refractivity (Wildman–Crippen MR) is 375 cm³/mol. The van der Waals surface area contributed by atoms with E-state index in [-0.39, 0.29) is 61.8 Å². The number of benzene rings is 4. The summed E-state index contributed by atoms with van der Waals surface area (Å²) < 4.78 is 0. The van der Waals surface area contributed by atoms with Crippen LogP contribution in [0.2, 0.25) is 0 Å². The first-order valence-electron chi connectivity index (χ1n) is 32.7. The SMILES string of the molecule is CCCN1C[C@H](CSCC(=O)N[C@@H](Cc2ccccc2)C(=O)N[C@@H](CS)C(=O)N[C@@H](Cc2ccccc2)C(=O)N[C@H](Cc2c[nH]c3ccccc23)C(=O)N[C@@H](CCCCN)C(=O)N[C@H](C(=O)N[C@@H](CS)C(=O)N[C@H](C(=O)O)[C@@H](C)O)[C@@H](C)O)CC2c3cccc4[nH]cc(c34)CC21. The van der Waals surface area contributed by atoms with Crippen LogP contribution in [0.1, 0.15) is 86.6 Å². The number of nitrogens with zero attached hydrogens (tertiary/aromatic N) is 1. The van der Waals surface area contributed by atoms with E-state index >= 15 is 4.79 Å². The molecule has 2 unspecified atom stereocenters.